The van der Waals surface area contributed by atoms with Crippen LogP contribution in [0.1, 0.15) is 42.4 Å². The smallest absolute Gasteiger partial charge is 0.293 e. The van der Waals surface area contributed by atoms with Crippen LogP contribution < -0.4 is 21.2 Å². The zero-order valence-electron chi connectivity index (χ0n) is 21.4. The van der Waals surface area contributed by atoms with E-state index in [4.69, 9.17) is 4.74 Å². The Kier molecular flexibility index (Phi) is 6.12. The first-order valence-corrected chi connectivity index (χ1v) is 11.5. The van der Waals surface area contributed by atoms with E-state index in [0.29, 0.717) is 33.4 Å². The Balaban J connectivity index is 1.96. The fourth-order valence-corrected chi connectivity index (χ4v) is 4.16. The highest BCUT2D eigenvalue weighted by molar-refractivity contribution is 6.03. The molecule has 8 nitrogen and oxygen atoms in total. The summed E-state index contributed by atoms with van der Waals surface area (Å²) in [5.41, 5.74) is 1.30. The lowest BCUT2D eigenvalue weighted by atomic mass is 10.0. The third-order valence-corrected chi connectivity index (χ3v) is 5.84. The van der Waals surface area contributed by atoms with Crippen molar-refractivity contribution in [3.8, 4) is 22.6 Å². The number of H-pyrrole nitrogens is 1. The van der Waals surface area contributed by atoms with Gasteiger partial charge in [-0.15, -0.1) is 0 Å². The summed E-state index contributed by atoms with van der Waals surface area (Å²) in [5, 5.41) is 3.35. The normalized spacial score (nSPS) is 11.7. The number of aromatic amines is 1. The third kappa shape index (κ3) is 4.56. The average Bonchev–Trinajstić information content (AvgIpc) is 3.21. The van der Waals surface area contributed by atoms with E-state index in [1.165, 1.54) is 21.3 Å². The van der Waals surface area contributed by atoms with Crippen LogP contribution in [-0.4, -0.2) is 25.6 Å². The number of pyridine rings is 2. The first kappa shape index (κ1) is 25.0. The van der Waals surface area contributed by atoms with Gasteiger partial charge in [-0.3, -0.25) is 14.4 Å². The number of hydrogen-bond donors (Lipinski definition) is 2. The van der Waals surface area contributed by atoms with Crippen molar-refractivity contribution in [3.05, 3.63) is 80.0 Å². The van der Waals surface area contributed by atoms with E-state index in [1.54, 1.807) is 52.5 Å². The Morgan fingerprint density at radius 2 is 1.61 bits per heavy atom. The summed E-state index contributed by atoms with van der Waals surface area (Å²) < 4.78 is 22.8. The standard InChI is InChI=1S/C27H29FN4O4/c1-14-10-16(28)11-15(2)22(14)36-23-17(8-9-31(6)26(23)35)19-13-32(7)25(34)21-18(19)12-20(29-21)24(33)30-27(3,4)5/h8-13,29H,1-7H3,(H,30,33). The van der Waals surface area contributed by atoms with Gasteiger partial charge in [-0.25, -0.2) is 4.39 Å². The van der Waals surface area contributed by atoms with E-state index < -0.39 is 16.9 Å². The van der Waals surface area contributed by atoms with Crippen molar-refractivity contribution in [2.45, 2.75) is 40.2 Å². The summed E-state index contributed by atoms with van der Waals surface area (Å²) in [4.78, 5) is 41.9. The summed E-state index contributed by atoms with van der Waals surface area (Å²) in [7, 11) is 3.20. The Morgan fingerprint density at radius 1 is 0.972 bits per heavy atom. The molecule has 1 amide bonds. The molecule has 0 aliphatic heterocycles. The van der Waals surface area contributed by atoms with Crippen LogP contribution >= 0.6 is 0 Å². The number of carbonyl (C=O) groups is 1. The quantitative estimate of drug-likeness (QED) is 0.444. The van der Waals surface area contributed by atoms with Gasteiger partial charge < -0.3 is 24.2 Å². The number of carbonyl (C=O) groups excluding carboxylic acids is 1. The molecule has 2 N–H and O–H groups in total. The third-order valence-electron chi connectivity index (χ3n) is 5.84. The number of nitrogens with one attached hydrogen (secondary N) is 2. The topological polar surface area (TPSA) is 98.1 Å². The summed E-state index contributed by atoms with van der Waals surface area (Å²) in [5.74, 6) is -0.350. The van der Waals surface area contributed by atoms with Crippen molar-refractivity contribution in [1.82, 2.24) is 19.4 Å². The maximum absolute atomic E-state index is 13.9. The predicted octanol–water partition coefficient (Wildman–Crippen LogP) is 4.31. The lowest BCUT2D eigenvalue weighted by Crippen LogP contribution is -2.40. The molecule has 0 bridgehead atoms. The molecule has 0 fully saturated rings. The van der Waals surface area contributed by atoms with Gasteiger partial charge in [0.05, 0.1) is 0 Å². The lowest BCUT2D eigenvalue weighted by Gasteiger charge is -2.19. The number of benzene rings is 1. The molecular weight excluding hydrogens is 463 g/mol. The van der Waals surface area contributed by atoms with Gasteiger partial charge in [-0.1, -0.05) is 0 Å². The lowest BCUT2D eigenvalue weighted by molar-refractivity contribution is 0.0915. The average molecular weight is 493 g/mol. The van der Waals surface area contributed by atoms with Gasteiger partial charge in [0.1, 0.15) is 22.8 Å². The first-order valence-electron chi connectivity index (χ1n) is 11.5. The molecule has 0 radical (unpaired) electrons. The molecule has 0 atom stereocenters. The van der Waals surface area contributed by atoms with Crippen molar-refractivity contribution in [1.29, 1.82) is 0 Å². The van der Waals surface area contributed by atoms with Crippen LogP contribution in [-0.2, 0) is 14.1 Å². The molecule has 0 saturated carbocycles. The minimum absolute atomic E-state index is 0.0275. The number of rotatable bonds is 4. The monoisotopic (exact) mass is 492 g/mol. The van der Waals surface area contributed by atoms with Crippen LogP contribution in [0.4, 0.5) is 4.39 Å². The molecule has 188 valence electrons. The van der Waals surface area contributed by atoms with Gasteiger partial charge in [0.2, 0.25) is 0 Å². The Bertz CT molecular complexity index is 1610. The molecule has 36 heavy (non-hydrogen) atoms. The van der Waals surface area contributed by atoms with Crippen molar-refractivity contribution in [2.75, 3.05) is 0 Å². The number of amides is 1. The Labute approximate surface area is 207 Å². The molecule has 0 aliphatic carbocycles. The highest BCUT2D eigenvalue weighted by atomic mass is 19.1. The van der Waals surface area contributed by atoms with Gasteiger partial charge in [0.15, 0.2) is 5.75 Å². The van der Waals surface area contributed by atoms with Crippen LogP contribution in [0.15, 0.2) is 46.2 Å². The number of hydrogen-bond acceptors (Lipinski definition) is 4. The fraction of sp³-hybridized carbons (Fsp3) is 0.296. The molecular formula is C27H29FN4O4. The highest BCUT2D eigenvalue weighted by Crippen LogP contribution is 2.36. The number of fused-ring (bicyclic) bond motifs is 1. The van der Waals surface area contributed by atoms with E-state index in [1.807, 2.05) is 20.8 Å². The van der Waals surface area contributed by atoms with Gasteiger partial charge in [0.25, 0.3) is 17.0 Å². The van der Waals surface area contributed by atoms with Crippen molar-refractivity contribution >= 4 is 16.8 Å². The van der Waals surface area contributed by atoms with E-state index in [2.05, 4.69) is 10.3 Å². The molecule has 3 aromatic heterocycles. The molecule has 0 saturated heterocycles. The van der Waals surface area contributed by atoms with E-state index in [0.717, 1.165) is 0 Å². The van der Waals surface area contributed by atoms with Crippen molar-refractivity contribution in [2.24, 2.45) is 14.1 Å². The van der Waals surface area contributed by atoms with E-state index >= 15 is 0 Å². The van der Waals surface area contributed by atoms with Gasteiger partial charge in [0, 0.05) is 48.5 Å². The minimum atomic E-state index is -0.473. The second-order valence-electron chi connectivity index (χ2n) is 10.1. The molecule has 3 heterocycles. The van der Waals surface area contributed by atoms with Crippen LogP contribution in [0.2, 0.25) is 0 Å². The van der Waals surface area contributed by atoms with Gasteiger partial charge in [-0.05, 0) is 70.0 Å². The van der Waals surface area contributed by atoms with Crippen molar-refractivity contribution in [3.63, 3.8) is 0 Å². The largest absolute Gasteiger partial charge is 0.450 e. The van der Waals surface area contributed by atoms with Crippen LogP contribution in [0.5, 0.6) is 11.5 Å². The van der Waals surface area contributed by atoms with E-state index in [-0.39, 0.29) is 28.4 Å². The number of ether oxygens (including phenoxy) is 1. The number of aryl methyl sites for hydroxylation is 4. The van der Waals surface area contributed by atoms with Crippen LogP contribution in [0.3, 0.4) is 0 Å². The van der Waals surface area contributed by atoms with Crippen LogP contribution in [0, 0.1) is 19.7 Å². The minimum Gasteiger partial charge on any atom is -0.450 e. The number of nitrogens with zero attached hydrogens (tertiary/aromatic N) is 2. The zero-order valence-corrected chi connectivity index (χ0v) is 21.4. The summed E-state index contributed by atoms with van der Waals surface area (Å²) >= 11 is 0. The number of halogens is 1. The molecule has 0 aliphatic rings. The maximum Gasteiger partial charge on any atom is 0.293 e. The van der Waals surface area contributed by atoms with E-state index in [9.17, 15) is 18.8 Å². The summed E-state index contributed by atoms with van der Waals surface area (Å²) in [6.07, 6.45) is 3.21. The molecule has 9 heteroatoms. The predicted molar refractivity (Wildman–Crippen MR) is 137 cm³/mol. The molecule has 1 aromatic carbocycles. The molecule has 0 unspecified atom stereocenters. The second kappa shape index (κ2) is 8.82. The van der Waals surface area contributed by atoms with Gasteiger partial charge >= 0.3 is 0 Å². The first-order chi connectivity index (χ1) is 16.8. The fourth-order valence-electron chi connectivity index (χ4n) is 4.16. The van der Waals surface area contributed by atoms with Crippen molar-refractivity contribution < 1.29 is 13.9 Å². The molecule has 0 spiro atoms. The summed E-state index contributed by atoms with van der Waals surface area (Å²) in [6.45, 7) is 8.99. The van der Waals surface area contributed by atoms with Crippen LogP contribution in [0.25, 0.3) is 22.0 Å². The Hall–Kier alpha value is -4.14. The SMILES string of the molecule is Cc1cc(F)cc(C)c1Oc1c(-c2cn(C)c(=O)c3[nH]c(C(=O)NC(C)(C)C)cc23)ccn(C)c1=O. The Morgan fingerprint density at radius 3 is 2.22 bits per heavy atom. The zero-order chi connectivity index (χ0) is 26.5. The number of aromatic nitrogens is 3. The maximum atomic E-state index is 13.9. The molecule has 4 rings (SSSR count). The molecule has 4 aromatic rings. The second-order valence-corrected chi connectivity index (χ2v) is 10.1. The van der Waals surface area contributed by atoms with Gasteiger partial charge in [-0.2, -0.15) is 0 Å². The highest BCUT2D eigenvalue weighted by Gasteiger charge is 2.23. The summed E-state index contributed by atoms with van der Waals surface area (Å²) in [6, 6.07) is 5.99.